The van der Waals surface area contributed by atoms with Crippen LogP contribution in [0.3, 0.4) is 0 Å². The van der Waals surface area contributed by atoms with E-state index in [0.29, 0.717) is 0 Å². The Bertz CT molecular complexity index is 154. The third-order valence-corrected chi connectivity index (χ3v) is 2.18. The van der Waals surface area contributed by atoms with Gasteiger partial charge in [-0.1, -0.05) is 0 Å². The van der Waals surface area contributed by atoms with Crippen LogP contribution in [0.25, 0.3) is 0 Å². The summed E-state index contributed by atoms with van der Waals surface area (Å²) in [7, 11) is 0. The Balaban J connectivity index is 1.89. The lowest BCUT2D eigenvalue weighted by molar-refractivity contribution is 0.140. The number of nitrogens with one attached hydrogen (secondary N) is 2. The van der Waals surface area contributed by atoms with Crippen LogP contribution in [0.4, 0.5) is 4.79 Å². The SMILES string of the molecule is O=C(N1CCCN1)N1CCCN1. The third kappa shape index (κ3) is 1.37. The lowest BCUT2D eigenvalue weighted by Gasteiger charge is -2.22. The van der Waals surface area contributed by atoms with Crippen LogP contribution in [-0.2, 0) is 0 Å². The zero-order chi connectivity index (χ0) is 8.39. The molecule has 12 heavy (non-hydrogen) atoms. The summed E-state index contributed by atoms with van der Waals surface area (Å²) in [6.07, 6.45) is 2.11. The Kier molecular flexibility index (Phi) is 2.14. The maximum Gasteiger partial charge on any atom is 0.348 e. The summed E-state index contributed by atoms with van der Waals surface area (Å²) in [5.41, 5.74) is 6.07. The largest absolute Gasteiger partial charge is 0.348 e. The van der Waals surface area contributed by atoms with Crippen molar-refractivity contribution >= 4 is 6.03 Å². The molecule has 2 N–H and O–H groups in total. The van der Waals surface area contributed by atoms with Crippen molar-refractivity contribution in [1.82, 2.24) is 20.9 Å². The van der Waals surface area contributed by atoms with Crippen molar-refractivity contribution in [3.05, 3.63) is 0 Å². The number of amides is 2. The molecule has 2 amide bonds. The second-order valence-electron chi connectivity index (χ2n) is 3.11. The second-order valence-corrected chi connectivity index (χ2v) is 3.11. The number of hydrogen-bond donors (Lipinski definition) is 2. The molecule has 2 aliphatic rings. The highest BCUT2D eigenvalue weighted by molar-refractivity contribution is 5.73. The minimum atomic E-state index is 0.0602. The smallest absolute Gasteiger partial charge is 0.258 e. The quantitative estimate of drug-likeness (QED) is 0.516. The Morgan fingerprint density at radius 3 is 1.83 bits per heavy atom. The molecule has 0 aliphatic carbocycles. The Morgan fingerprint density at radius 2 is 1.50 bits per heavy atom. The summed E-state index contributed by atoms with van der Waals surface area (Å²) in [6, 6.07) is 0.0602. The van der Waals surface area contributed by atoms with Gasteiger partial charge in [0.05, 0.1) is 0 Å². The van der Waals surface area contributed by atoms with Crippen LogP contribution in [0.5, 0.6) is 0 Å². The van der Waals surface area contributed by atoms with Gasteiger partial charge in [0.2, 0.25) is 0 Å². The molecular formula is C7H14N4O. The monoisotopic (exact) mass is 170 g/mol. The van der Waals surface area contributed by atoms with Crippen molar-refractivity contribution in [2.75, 3.05) is 26.2 Å². The first kappa shape index (κ1) is 7.82. The molecule has 5 nitrogen and oxygen atoms in total. The van der Waals surface area contributed by atoms with E-state index in [-0.39, 0.29) is 6.03 Å². The third-order valence-electron chi connectivity index (χ3n) is 2.18. The molecule has 0 atom stereocenters. The van der Waals surface area contributed by atoms with Gasteiger partial charge in [-0.3, -0.25) is 10.0 Å². The summed E-state index contributed by atoms with van der Waals surface area (Å²) in [6.45, 7) is 3.49. The average Bonchev–Trinajstić information content (AvgIpc) is 2.77. The van der Waals surface area contributed by atoms with Gasteiger partial charge >= 0.3 is 6.03 Å². The molecule has 0 aromatic rings. The predicted molar refractivity (Wildman–Crippen MR) is 44.0 cm³/mol. The zero-order valence-corrected chi connectivity index (χ0v) is 7.05. The highest BCUT2D eigenvalue weighted by atomic mass is 16.2. The highest BCUT2D eigenvalue weighted by Gasteiger charge is 2.25. The molecule has 0 bridgehead atoms. The Morgan fingerprint density at radius 1 is 1.00 bits per heavy atom. The van der Waals surface area contributed by atoms with E-state index < -0.39 is 0 Å². The molecule has 2 fully saturated rings. The minimum Gasteiger partial charge on any atom is -0.258 e. The van der Waals surface area contributed by atoms with Crippen LogP contribution < -0.4 is 10.9 Å². The summed E-state index contributed by atoms with van der Waals surface area (Å²) < 4.78 is 0. The van der Waals surface area contributed by atoms with Gasteiger partial charge in [-0.2, -0.15) is 0 Å². The number of rotatable bonds is 0. The van der Waals surface area contributed by atoms with Crippen LogP contribution in [0.2, 0.25) is 0 Å². The first-order valence-corrected chi connectivity index (χ1v) is 4.44. The van der Waals surface area contributed by atoms with Gasteiger partial charge in [0, 0.05) is 26.2 Å². The fraction of sp³-hybridized carbons (Fsp3) is 0.857. The molecular weight excluding hydrogens is 156 g/mol. The first-order valence-electron chi connectivity index (χ1n) is 4.44. The molecule has 2 aliphatic heterocycles. The zero-order valence-electron chi connectivity index (χ0n) is 7.05. The molecule has 2 heterocycles. The van der Waals surface area contributed by atoms with Gasteiger partial charge in [-0.05, 0) is 12.8 Å². The minimum absolute atomic E-state index is 0.0602. The molecule has 0 spiro atoms. The second kappa shape index (κ2) is 3.28. The van der Waals surface area contributed by atoms with E-state index in [1.54, 1.807) is 10.0 Å². The van der Waals surface area contributed by atoms with Gasteiger partial charge in [0.15, 0.2) is 0 Å². The number of hydrogen-bond acceptors (Lipinski definition) is 3. The first-order chi connectivity index (χ1) is 5.88. The lowest BCUT2D eigenvalue weighted by atomic mass is 10.4. The van der Waals surface area contributed by atoms with E-state index in [0.717, 1.165) is 39.0 Å². The van der Waals surface area contributed by atoms with Crippen LogP contribution in [-0.4, -0.2) is 42.2 Å². The molecule has 0 saturated carbocycles. The number of nitrogens with zero attached hydrogens (tertiary/aromatic N) is 2. The van der Waals surface area contributed by atoms with E-state index >= 15 is 0 Å². The Labute approximate surface area is 71.6 Å². The maximum absolute atomic E-state index is 11.6. The lowest BCUT2D eigenvalue weighted by Crippen LogP contribution is -2.49. The van der Waals surface area contributed by atoms with Gasteiger partial charge in [-0.25, -0.2) is 15.6 Å². The number of carbonyl (C=O) groups excluding carboxylic acids is 1. The van der Waals surface area contributed by atoms with Crippen LogP contribution in [0, 0.1) is 0 Å². The van der Waals surface area contributed by atoms with Crippen LogP contribution >= 0.6 is 0 Å². The fourth-order valence-corrected chi connectivity index (χ4v) is 1.53. The molecule has 0 aromatic heterocycles. The van der Waals surface area contributed by atoms with E-state index in [4.69, 9.17) is 0 Å². The number of hydrazine groups is 2. The highest BCUT2D eigenvalue weighted by Crippen LogP contribution is 2.04. The van der Waals surface area contributed by atoms with Crippen molar-refractivity contribution in [1.29, 1.82) is 0 Å². The summed E-state index contributed by atoms with van der Waals surface area (Å²) in [5.74, 6) is 0. The van der Waals surface area contributed by atoms with Gasteiger partial charge in [0.1, 0.15) is 0 Å². The predicted octanol–water partition coefficient (Wildman–Crippen LogP) is -0.473. The summed E-state index contributed by atoms with van der Waals surface area (Å²) in [5, 5.41) is 3.36. The number of urea groups is 1. The Hall–Kier alpha value is -0.810. The average molecular weight is 170 g/mol. The van der Waals surface area contributed by atoms with Crippen molar-refractivity contribution < 1.29 is 4.79 Å². The van der Waals surface area contributed by atoms with E-state index in [1.807, 2.05) is 0 Å². The van der Waals surface area contributed by atoms with Crippen molar-refractivity contribution in [2.24, 2.45) is 0 Å². The van der Waals surface area contributed by atoms with Crippen molar-refractivity contribution in [3.8, 4) is 0 Å². The van der Waals surface area contributed by atoms with E-state index in [1.165, 1.54) is 0 Å². The summed E-state index contributed by atoms with van der Waals surface area (Å²) in [4.78, 5) is 11.6. The van der Waals surface area contributed by atoms with Gasteiger partial charge in [0.25, 0.3) is 0 Å². The molecule has 2 rings (SSSR count). The molecule has 0 aromatic carbocycles. The van der Waals surface area contributed by atoms with Crippen LogP contribution in [0.15, 0.2) is 0 Å². The molecule has 0 unspecified atom stereocenters. The standard InChI is InChI=1S/C7H14N4O/c12-7(10-5-1-3-8-10)11-6-2-4-9-11/h8-9H,1-6H2. The van der Waals surface area contributed by atoms with Crippen LogP contribution in [0.1, 0.15) is 12.8 Å². The summed E-state index contributed by atoms with van der Waals surface area (Å²) >= 11 is 0. The van der Waals surface area contributed by atoms with Crippen molar-refractivity contribution in [3.63, 3.8) is 0 Å². The topological polar surface area (TPSA) is 47.6 Å². The van der Waals surface area contributed by atoms with Gasteiger partial charge < -0.3 is 0 Å². The molecule has 0 radical (unpaired) electrons. The molecule has 5 heteroatoms. The van der Waals surface area contributed by atoms with E-state index in [2.05, 4.69) is 10.9 Å². The van der Waals surface area contributed by atoms with E-state index in [9.17, 15) is 4.79 Å². The maximum atomic E-state index is 11.6. The van der Waals surface area contributed by atoms with Crippen molar-refractivity contribution in [2.45, 2.75) is 12.8 Å². The normalized spacial score (nSPS) is 23.7. The number of carbonyl (C=O) groups is 1. The molecule has 68 valence electrons. The molecule has 2 saturated heterocycles. The van der Waals surface area contributed by atoms with Gasteiger partial charge in [-0.15, -0.1) is 0 Å². The fourth-order valence-electron chi connectivity index (χ4n) is 1.53.